The van der Waals surface area contributed by atoms with Gasteiger partial charge in [-0.3, -0.25) is 9.78 Å². The van der Waals surface area contributed by atoms with Gasteiger partial charge in [-0.05, 0) is 6.07 Å². The Hall–Kier alpha value is -1.67. The molecule has 1 aromatic rings. The lowest BCUT2D eigenvalue weighted by molar-refractivity contribution is -0.116. The van der Waals surface area contributed by atoms with Crippen LogP contribution in [0.15, 0.2) is 18.5 Å². The number of aromatic nitrogens is 1. The fourth-order valence-corrected chi connectivity index (χ4v) is 3.74. The molecule has 7 nitrogen and oxygen atoms in total. The largest absolute Gasteiger partial charge is 0.376 e. The molecular formula is C13H20N4O3S. The quantitative estimate of drug-likeness (QED) is 0.804. The third kappa shape index (κ3) is 4.40. The van der Waals surface area contributed by atoms with E-state index in [0.29, 0.717) is 12.2 Å². The third-order valence-electron chi connectivity index (χ3n) is 3.29. The van der Waals surface area contributed by atoms with Crippen molar-refractivity contribution in [2.24, 2.45) is 0 Å². The van der Waals surface area contributed by atoms with Gasteiger partial charge in [0.1, 0.15) is 0 Å². The number of carbonyl (C=O) groups excluding carboxylic acids is 1. The normalized spacial score (nSPS) is 20.8. The monoisotopic (exact) mass is 312 g/mol. The van der Waals surface area contributed by atoms with Crippen LogP contribution in [-0.2, 0) is 14.6 Å². The highest BCUT2D eigenvalue weighted by molar-refractivity contribution is 7.91. The van der Waals surface area contributed by atoms with Crippen LogP contribution in [0, 0.1) is 0 Å². The zero-order valence-electron chi connectivity index (χ0n) is 12.2. The molecule has 21 heavy (non-hydrogen) atoms. The lowest BCUT2D eigenvalue weighted by Crippen LogP contribution is -2.46. The molecular weight excluding hydrogens is 292 g/mol. The Labute approximate surface area is 124 Å². The molecule has 1 fully saturated rings. The van der Waals surface area contributed by atoms with Gasteiger partial charge in [-0.2, -0.15) is 0 Å². The minimum absolute atomic E-state index is 0.00793. The second-order valence-electron chi connectivity index (χ2n) is 5.30. The molecule has 0 radical (unpaired) electrons. The minimum Gasteiger partial charge on any atom is -0.376 e. The average Bonchev–Trinajstić information content (AvgIpc) is 2.37. The Morgan fingerprint density at radius 2 is 2.29 bits per heavy atom. The molecule has 0 spiro atoms. The molecule has 1 aliphatic heterocycles. The van der Waals surface area contributed by atoms with Crippen LogP contribution in [0.3, 0.4) is 0 Å². The molecule has 2 N–H and O–H groups in total. The zero-order valence-corrected chi connectivity index (χ0v) is 13.0. The molecule has 2 heterocycles. The van der Waals surface area contributed by atoms with E-state index in [1.165, 1.54) is 0 Å². The van der Waals surface area contributed by atoms with E-state index in [4.69, 9.17) is 0 Å². The van der Waals surface area contributed by atoms with Crippen molar-refractivity contribution in [3.63, 3.8) is 0 Å². The van der Waals surface area contributed by atoms with E-state index in [9.17, 15) is 13.2 Å². The molecule has 0 aromatic carbocycles. The maximum Gasteiger partial charge on any atom is 0.226 e. The highest BCUT2D eigenvalue weighted by Gasteiger charge is 2.26. The summed E-state index contributed by atoms with van der Waals surface area (Å²) in [5, 5.41) is 5.85. The Morgan fingerprint density at radius 1 is 1.52 bits per heavy atom. The van der Waals surface area contributed by atoms with Crippen LogP contribution in [-0.4, -0.2) is 57.5 Å². The van der Waals surface area contributed by atoms with E-state index in [2.05, 4.69) is 15.6 Å². The van der Waals surface area contributed by atoms with Gasteiger partial charge in [-0.25, -0.2) is 8.42 Å². The van der Waals surface area contributed by atoms with E-state index in [0.717, 1.165) is 5.69 Å². The summed E-state index contributed by atoms with van der Waals surface area (Å²) in [5.74, 6) is -0.0762. The molecule has 1 aliphatic rings. The van der Waals surface area contributed by atoms with Crippen molar-refractivity contribution in [2.45, 2.75) is 12.5 Å². The Balaban J connectivity index is 1.99. The van der Waals surface area contributed by atoms with Crippen molar-refractivity contribution >= 4 is 27.1 Å². The van der Waals surface area contributed by atoms with Gasteiger partial charge in [-0.1, -0.05) is 0 Å². The first-order chi connectivity index (χ1) is 9.87. The van der Waals surface area contributed by atoms with Crippen LogP contribution >= 0.6 is 0 Å². The van der Waals surface area contributed by atoms with E-state index < -0.39 is 9.84 Å². The fourth-order valence-electron chi connectivity index (χ4n) is 2.30. The second-order valence-corrected chi connectivity index (χ2v) is 7.53. The van der Waals surface area contributed by atoms with Gasteiger partial charge in [0.15, 0.2) is 9.84 Å². The van der Waals surface area contributed by atoms with Crippen molar-refractivity contribution < 1.29 is 13.2 Å². The topological polar surface area (TPSA) is 91.4 Å². The molecule has 1 amide bonds. The zero-order chi connectivity index (χ0) is 15.5. The molecule has 0 saturated carbocycles. The summed E-state index contributed by atoms with van der Waals surface area (Å²) >= 11 is 0. The van der Waals surface area contributed by atoms with Crippen molar-refractivity contribution in [3.05, 3.63) is 18.5 Å². The summed E-state index contributed by atoms with van der Waals surface area (Å²) < 4.78 is 23.1. The second kappa shape index (κ2) is 6.40. The summed E-state index contributed by atoms with van der Waals surface area (Å²) in [4.78, 5) is 17.9. The van der Waals surface area contributed by atoms with Crippen LogP contribution in [0.25, 0.3) is 0 Å². The number of hydrogen-bond acceptors (Lipinski definition) is 6. The predicted octanol–water partition coefficient (Wildman–Crippen LogP) is -0.137. The molecule has 1 aromatic heterocycles. The van der Waals surface area contributed by atoms with Crippen LogP contribution in [0.5, 0.6) is 0 Å². The van der Waals surface area contributed by atoms with E-state index in [1.54, 1.807) is 18.5 Å². The van der Waals surface area contributed by atoms with Gasteiger partial charge in [0.2, 0.25) is 5.91 Å². The number of anilines is 2. The van der Waals surface area contributed by atoms with Crippen LogP contribution < -0.4 is 15.5 Å². The summed E-state index contributed by atoms with van der Waals surface area (Å²) in [7, 11) is 0.715. The fraction of sp³-hybridized carbons (Fsp3) is 0.538. The highest BCUT2D eigenvalue weighted by atomic mass is 32.2. The first-order valence-corrected chi connectivity index (χ1v) is 8.54. The standard InChI is InChI=1S/C13H20N4O3S/c1-17(2)12-3-4-14-8-11(12)16-13(18)7-10-9-21(19,20)6-5-15-10/h3-4,8,10,15H,5-7,9H2,1-2H3,(H,16,18). The summed E-state index contributed by atoms with van der Waals surface area (Å²) in [6.45, 7) is 0.399. The number of nitrogens with zero attached hydrogens (tertiary/aromatic N) is 2. The number of rotatable bonds is 4. The Bertz CT molecular complexity index is 616. The number of sulfone groups is 1. The molecule has 2 rings (SSSR count). The first kappa shape index (κ1) is 15.7. The van der Waals surface area contributed by atoms with Crippen LogP contribution in [0.2, 0.25) is 0 Å². The van der Waals surface area contributed by atoms with Gasteiger partial charge in [0, 0.05) is 39.3 Å². The summed E-state index contributed by atoms with van der Waals surface area (Å²) in [6.07, 6.45) is 3.36. The van der Waals surface area contributed by atoms with Gasteiger partial charge in [0.25, 0.3) is 0 Å². The molecule has 0 bridgehead atoms. The van der Waals surface area contributed by atoms with Crippen molar-refractivity contribution in [3.8, 4) is 0 Å². The minimum atomic E-state index is -3.04. The molecule has 0 aliphatic carbocycles. The van der Waals surface area contributed by atoms with E-state index in [-0.39, 0.29) is 29.9 Å². The molecule has 1 atom stereocenters. The number of amides is 1. The summed E-state index contributed by atoms with van der Waals surface area (Å²) in [6, 6.07) is 1.47. The lowest BCUT2D eigenvalue weighted by Gasteiger charge is -2.23. The molecule has 1 unspecified atom stereocenters. The first-order valence-electron chi connectivity index (χ1n) is 6.72. The molecule has 1 saturated heterocycles. The third-order valence-corrected chi connectivity index (χ3v) is 5.02. The number of pyridine rings is 1. The van der Waals surface area contributed by atoms with Gasteiger partial charge >= 0.3 is 0 Å². The molecule has 116 valence electrons. The summed E-state index contributed by atoms with van der Waals surface area (Å²) in [5.41, 5.74) is 1.47. The van der Waals surface area contributed by atoms with Gasteiger partial charge in [-0.15, -0.1) is 0 Å². The van der Waals surface area contributed by atoms with Crippen molar-refractivity contribution in [1.82, 2.24) is 10.3 Å². The highest BCUT2D eigenvalue weighted by Crippen LogP contribution is 2.22. The number of hydrogen-bond donors (Lipinski definition) is 2. The van der Waals surface area contributed by atoms with Gasteiger partial charge in [0.05, 0.1) is 29.1 Å². The maximum absolute atomic E-state index is 12.1. The maximum atomic E-state index is 12.1. The predicted molar refractivity (Wildman–Crippen MR) is 82.3 cm³/mol. The number of carbonyl (C=O) groups is 1. The SMILES string of the molecule is CN(C)c1ccncc1NC(=O)CC1CS(=O)(=O)CCN1. The Kier molecular flexibility index (Phi) is 4.79. The Morgan fingerprint density at radius 3 is 2.95 bits per heavy atom. The average molecular weight is 312 g/mol. The van der Waals surface area contributed by atoms with Gasteiger partial charge < -0.3 is 15.5 Å². The van der Waals surface area contributed by atoms with E-state index in [1.807, 2.05) is 19.0 Å². The van der Waals surface area contributed by atoms with Crippen molar-refractivity contribution in [1.29, 1.82) is 0 Å². The van der Waals surface area contributed by atoms with E-state index >= 15 is 0 Å². The number of nitrogens with one attached hydrogen (secondary N) is 2. The smallest absolute Gasteiger partial charge is 0.226 e. The van der Waals surface area contributed by atoms with Crippen molar-refractivity contribution in [2.75, 3.05) is 42.4 Å². The lowest BCUT2D eigenvalue weighted by atomic mass is 10.2. The molecule has 8 heteroatoms. The van der Waals surface area contributed by atoms with Crippen LogP contribution in [0.1, 0.15) is 6.42 Å². The van der Waals surface area contributed by atoms with Crippen LogP contribution in [0.4, 0.5) is 11.4 Å².